The molecule has 20 heavy (non-hydrogen) atoms. The molecule has 0 saturated carbocycles. The Labute approximate surface area is 112 Å². The number of amides is 1. The molecule has 0 spiro atoms. The zero-order chi connectivity index (χ0) is 14.8. The summed E-state index contributed by atoms with van der Waals surface area (Å²) in [6.07, 6.45) is -0.341. The molecule has 0 aromatic carbocycles. The van der Waals surface area contributed by atoms with Crippen molar-refractivity contribution in [3.8, 4) is 0 Å². The topological polar surface area (TPSA) is 59.8 Å². The summed E-state index contributed by atoms with van der Waals surface area (Å²) in [5.41, 5.74) is 0.862. The van der Waals surface area contributed by atoms with Crippen molar-refractivity contribution in [3.05, 3.63) is 42.0 Å². The summed E-state index contributed by atoms with van der Waals surface area (Å²) in [5, 5.41) is 9.68. The maximum atomic E-state index is 12.3. The molecule has 2 heterocycles. The van der Waals surface area contributed by atoms with E-state index in [4.69, 9.17) is 0 Å². The Morgan fingerprint density at radius 3 is 2.70 bits per heavy atom. The van der Waals surface area contributed by atoms with Crippen LogP contribution in [0.15, 0.2) is 30.7 Å². The van der Waals surface area contributed by atoms with E-state index >= 15 is 0 Å². The van der Waals surface area contributed by atoms with Crippen LogP contribution in [0, 0.1) is 6.92 Å². The molecule has 2 aromatic heterocycles. The van der Waals surface area contributed by atoms with E-state index in [2.05, 4.69) is 15.5 Å². The SMILES string of the molecule is Cc1c(C(=O)Nc2ccnnc2)ccn1CC(F)(F)F. The summed E-state index contributed by atoms with van der Waals surface area (Å²) in [6.45, 7) is 0.342. The lowest BCUT2D eigenvalue weighted by Crippen LogP contribution is -2.19. The zero-order valence-corrected chi connectivity index (χ0v) is 10.5. The van der Waals surface area contributed by atoms with Crippen molar-refractivity contribution >= 4 is 11.6 Å². The van der Waals surface area contributed by atoms with E-state index in [0.717, 1.165) is 4.57 Å². The van der Waals surface area contributed by atoms with Gasteiger partial charge < -0.3 is 9.88 Å². The van der Waals surface area contributed by atoms with Crippen LogP contribution < -0.4 is 5.32 Å². The fourth-order valence-electron chi connectivity index (χ4n) is 1.72. The van der Waals surface area contributed by atoms with Crippen LogP contribution in [0.5, 0.6) is 0 Å². The minimum absolute atomic E-state index is 0.186. The first-order chi connectivity index (χ1) is 9.37. The maximum absolute atomic E-state index is 12.3. The molecule has 0 radical (unpaired) electrons. The number of nitrogens with one attached hydrogen (secondary N) is 1. The monoisotopic (exact) mass is 284 g/mol. The molecule has 0 atom stereocenters. The van der Waals surface area contributed by atoms with Crippen LogP contribution in [-0.2, 0) is 6.54 Å². The van der Waals surface area contributed by atoms with Gasteiger partial charge in [-0.1, -0.05) is 0 Å². The fourth-order valence-corrected chi connectivity index (χ4v) is 1.72. The summed E-state index contributed by atoms with van der Waals surface area (Å²) < 4.78 is 38.0. The van der Waals surface area contributed by atoms with E-state index in [1.54, 1.807) is 0 Å². The maximum Gasteiger partial charge on any atom is 0.406 e. The van der Waals surface area contributed by atoms with Gasteiger partial charge in [0.15, 0.2) is 0 Å². The second kappa shape index (κ2) is 5.32. The number of halogens is 3. The molecular formula is C12H11F3N4O. The van der Waals surface area contributed by atoms with Crippen molar-refractivity contribution < 1.29 is 18.0 Å². The number of anilines is 1. The van der Waals surface area contributed by atoms with Gasteiger partial charge in [0.1, 0.15) is 6.54 Å². The second-order valence-electron chi connectivity index (χ2n) is 4.14. The van der Waals surface area contributed by atoms with Crippen LogP contribution in [0.1, 0.15) is 16.1 Å². The third-order valence-corrected chi connectivity index (χ3v) is 2.68. The Kier molecular flexibility index (Phi) is 3.73. The summed E-state index contributed by atoms with van der Waals surface area (Å²) in [4.78, 5) is 12.0. The lowest BCUT2D eigenvalue weighted by atomic mass is 10.2. The number of hydrogen-bond donors (Lipinski definition) is 1. The van der Waals surface area contributed by atoms with Gasteiger partial charge in [0.05, 0.1) is 23.6 Å². The van der Waals surface area contributed by atoms with Crippen molar-refractivity contribution in [2.75, 3.05) is 5.32 Å². The minimum Gasteiger partial charge on any atom is -0.342 e. The number of alkyl halides is 3. The fraction of sp³-hybridized carbons (Fsp3) is 0.250. The van der Waals surface area contributed by atoms with Crippen LogP contribution in [0.2, 0.25) is 0 Å². The Morgan fingerprint density at radius 1 is 1.35 bits per heavy atom. The zero-order valence-electron chi connectivity index (χ0n) is 10.5. The number of carbonyl (C=O) groups is 1. The molecule has 0 aliphatic rings. The molecule has 0 unspecified atom stereocenters. The second-order valence-corrected chi connectivity index (χ2v) is 4.14. The number of aromatic nitrogens is 3. The molecule has 106 valence electrons. The number of nitrogens with zero attached hydrogens (tertiary/aromatic N) is 3. The molecule has 0 fully saturated rings. The molecule has 5 nitrogen and oxygen atoms in total. The molecule has 2 rings (SSSR count). The predicted molar refractivity (Wildman–Crippen MR) is 65.2 cm³/mol. The van der Waals surface area contributed by atoms with Gasteiger partial charge >= 0.3 is 6.18 Å². The van der Waals surface area contributed by atoms with Gasteiger partial charge in [-0.25, -0.2) is 0 Å². The normalized spacial score (nSPS) is 11.4. The minimum atomic E-state index is -4.33. The molecule has 0 saturated heterocycles. The largest absolute Gasteiger partial charge is 0.406 e. The van der Waals surface area contributed by atoms with Crippen molar-refractivity contribution in [1.82, 2.24) is 14.8 Å². The van der Waals surface area contributed by atoms with Gasteiger partial charge in [-0.15, -0.1) is 0 Å². The van der Waals surface area contributed by atoms with E-state index < -0.39 is 18.6 Å². The van der Waals surface area contributed by atoms with Gasteiger partial charge in [0.25, 0.3) is 5.91 Å². The van der Waals surface area contributed by atoms with Crippen LogP contribution in [0.25, 0.3) is 0 Å². The van der Waals surface area contributed by atoms with Crippen molar-refractivity contribution in [2.24, 2.45) is 0 Å². The van der Waals surface area contributed by atoms with Crippen molar-refractivity contribution in [2.45, 2.75) is 19.6 Å². The highest BCUT2D eigenvalue weighted by Gasteiger charge is 2.29. The van der Waals surface area contributed by atoms with Crippen LogP contribution in [-0.4, -0.2) is 26.8 Å². The number of hydrogen-bond acceptors (Lipinski definition) is 3. The average Bonchev–Trinajstić information content (AvgIpc) is 2.70. The lowest BCUT2D eigenvalue weighted by Gasteiger charge is -2.10. The first-order valence-corrected chi connectivity index (χ1v) is 5.67. The highest BCUT2D eigenvalue weighted by molar-refractivity contribution is 6.05. The predicted octanol–water partition coefficient (Wildman–Crippen LogP) is 2.40. The van der Waals surface area contributed by atoms with E-state index in [9.17, 15) is 18.0 Å². The molecular weight excluding hydrogens is 273 g/mol. The van der Waals surface area contributed by atoms with Gasteiger partial charge in [0, 0.05) is 11.9 Å². The highest BCUT2D eigenvalue weighted by atomic mass is 19.4. The Balaban J connectivity index is 2.15. The Hall–Kier alpha value is -2.38. The standard InChI is InChI=1S/C12H11F3N4O/c1-8-10(3-5-19(8)7-12(13,14)15)11(20)18-9-2-4-16-17-6-9/h2-6H,7H2,1H3,(H,16,18,20). The molecule has 2 aromatic rings. The van der Waals surface area contributed by atoms with Gasteiger partial charge in [0.2, 0.25) is 0 Å². The lowest BCUT2D eigenvalue weighted by molar-refractivity contribution is -0.140. The summed E-state index contributed by atoms with van der Waals surface area (Å²) >= 11 is 0. The van der Waals surface area contributed by atoms with Crippen LogP contribution in [0.4, 0.5) is 18.9 Å². The van der Waals surface area contributed by atoms with Crippen molar-refractivity contribution in [1.29, 1.82) is 0 Å². The first kappa shape index (κ1) is 14.0. The van der Waals surface area contributed by atoms with Crippen LogP contribution in [0.3, 0.4) is 0 Å². The summed E-state index contributed by atoms with van der Waals surface area (Å²) in [7, 11) is 0. The third kappa shape index (κ3) is 3.34. The van der Waals surface area contributed by atoms with Crippen molar-refractivity contribution in [3.63, 3.8) is 0 Å². The summed E-state index contributed by atoms with van der Waals surface area (Å²) in [5.74, 6) is -0.489. The first-order valence-electron chi connectivity index (χ1n) is 5.67. The van der Waals surface area contributed by atoms with Crippen LogP contribution >= 0.6 is 0 Å². The average molecular weight is 284 g/mol. The van der Waals surface area contributed by atoms with E-state index in [-0.39, 0.29) is 11.3 Å². The molecule has 8 heteroatoms. The third-order valence-electron chi connectivity index (χ3n) is 2.68. The van der Waals surface area contributed by atoms with Gasteiger partial charge in [-0.2, -0.15) is 23.4 Å². The number of carbonyl (C=O) groups excluding carboxylic acids is 1. The smallest absolute Gasteiger partial charge is 0.342 e. The van der Waals surface area contributed by atoms with Gasteiger partial charge in [-0.05, 0) is 19.1 Å². The summed E-state index contributed by atoms with van der Waals surface area (Å²) in [6, 6.07) is 2.89. The Bertz CT molecular complexity index is 607. The molecule has 0 aliphatic heterocycles. The quantitative estimate of drug-likeness (QED) is 0.941. The molecule has 1 N–H and O–H groups in total. The Morgan fingerprint density at radius 2 is 2.10 bits per heavy atom. The van der Waals surface area contributed by atoms with E-state index in [0.29, 0.717) is 5.69 Å². The van der Waals surface area contributed by atoms with E-state index in [1.807, 2.05) is 0 Å². The molecule has 0 aliphatic carbocycles. The number of rotatable bonds is 3. The van der Waals surface area contributed by atoms with Gasteiger partial charge in [-0.3, -0.25) is 4.79 Å². The molecule has 1 amide bonds. The molecule has 0 bridgehead atoms. The highest BCUT2D eigenvalue weighted by Crippen LogP contribution is 2.21. The van der Waals surface area contributed by atoms with E-state index in [1.165, 1.54) is 37.6 Å².